The van der Waals surface area contributed by atoms with Gasteiger partial charge in [0.1, 0.15) is 0 Å². The molecule has 0 aliphatic rings. The van der Waals surface area contributed by atoms with Crippen LogP contribution >= 0.6 is 15.9 Å². The maximum Gasteiger partial charge on any atom is 0.417 e. The van der Waals surface area contributed by atoms with Gasteiger partial charge in [-0.1, -0.05) is 15.9 Å². The van der Waals surface area contributed by atoms with Gasteiger partial charge in [0.2, 0.25) is 0 Å². The molecule has 4 nitrogen and oxygen atoms in total. The number of hydrogen-bond donors (Lipinski definition) is 3. The van der Waals surface area contributed by atoms with Crippen molar-refractivity contribution in [3.8, 4) is 0 Å². The van der Waals surface area contributed by atoms with E-state index in [-0.39, 0.29) is 11.0 Å². The van der Waals surface area contributed by atoms with E-state index in [4.69, 9.17) is 5.11 Å². The van der Waals surface area contributed by atoms with E-state index < -0.39 is 29.3 Å². The monoisotopic (exact) mass is 368 g/mol. The van der Waals surface area contributed by atoms with Crippen LogP contribution in [0.1, 0.15) is 22.8 Å². The van der Waals surface area contributed by atoms with Gasteiger partial charge in [-0.05, 0) is 25.1 Å². The first-order valence-electron chi connectivity index (χ1n) is 6.25. The molecule has 0 radical (unpaired) electrons. The summed E-state index contributed by atoms with van der Waals surface area (Å²) < 4.78 is 38.9. The van der Waals surface area contributed by atoms with E-state index in [0.29, 0.717) is 13.1 Å². The summed E-state index contributed by atoms with van der Waals surface area (Å²) in [6, 6.07) is 3.39. The SMILES string of the molecule is CC(O)CNCCNC(=O)c1ccc(Br)cc1C(F)(F)F. The van der Waals surface area contributed by atoms with Crippen molar-refractivity contribution in [3.05, 3.63) is 33.8 Å². The van der Waals surface area contributed by atoms with Gasteiger partial charge in [0.15, 0.2) is 0 Å². The lowest BCUT2D eigenvalue weighted by Crippen LogP contribution is -2.35. The highest BCUT2D eigenvalue weighted by Gasteiger charge is 2.35. The highest BCUT2D eigenvalue weighted by atomic mass is 79.9. The molecule has 8 heteroatoms. The van der Waals surface area contributed by atoms with Crippen molar-refractivity contribution < 1.29 is 23.1 Å². The maximum absolute atomic E-state index is 12.9. The molecule has 0 spiro atoms. The van der Waals surface area contributed by atoms with Crippen molar-refractivity contribution in [1.29, 1.82) is 0 Å². The van der Waals surface area contributed by atoms with E-state index in [1.165, 1.54) is 6.07 Å². The molecular formula is C13H16BrF3N2O2. The molecule has 0 bridgehead atoms. The average molecular weight is 369 g/mol. The molecule has 1 unspecified atom stereocenters. The number of carbonyl (C=O) groups is 1. The van der Waals surface area contributed by atoms with Crippen molar-refractivity contribution in [3.63, 3.8) is 0 Å². The molecule has 21 heavy (non-hydrogen) atoms. The summed E-state index contributed by atoms with van der Waals surface area (Å²) in [5.41, 5.74) is -1.40. The van der Waals surface area contributed by atoms with E-state index >= 15 is 0 Å². The number of rotatable bonds is 6. The molecule has 0 aliphatic heterocycles. The van der Waals surface area contributed by atoms with Gasteiger partial charge in [0.25, 0.3) is 5.91 Å². The second kappa shape index (κ2) is 7.77. The first-order valence-corrected chi connectivity index (χ1v) is 7.05. The molecule has 1 aromatic carbocycles. The minimum Gasteiger partial charge on any atom is -0.392 e. The first-order chi connectivity index (χ1) is 9.71. The van der Waals surface area contributed by atoms with Gasteiger partial charge in [0, 0.05) is 24.1 Å². The molecule has 118 valence electrons. The summed E-state index contributed by atoms with van der Waals surface area (Å²) in [5, 5.41) is 14.3. The standard InChI is InChI=1S/C13H16BrF3N2O2/c1-8(20)7-18-4-5-19-12(21)10-3-2-9(14)6-11(10)13(15,16)17/h2-3,6,8,18,20H,4-5,7H2,1H3,(H,19,21). The molecule has 0 aliphatic carbocycles. The van der Waals surface area contributed by atoms with Crippen LogP contribution in [0.5, 0.6) is 0 Å². The molecule has 1 atom stereocenters. The number of aliphatic hydroxyl groups excluding tert-OH is 1. The zero-order valence-electron chi connectivity index (χ0n) is 11.3. The van der Waals surface area contributed by atoms with Crippen molar-refractivity contribution in [1.82, 2.24) is 10.6 Å². The molecule has 1 aromatic rings. The van der Waals surface area contributed by atoms with Crippen LogP contribution in [-0.4, -0.2) is 36.8 Å². The normalized spacial score (nSPS) is 13.0. The van der Waals surface area contributed by atoms with Gasteiger partial charge in [-0.2, -0.15) is 13.2 Å². The summed E-state index contributed by atoms with van der Waals surface area (Å²) in [5.74, 6) is -0.784. The Labute approximate surface area is 128 Å². The Kier molecular flexibility index (Phi) is 6.63. The van der Waals surface area contributed by atoms with Gasteiger partial charge >= 0.3 is 6.18 Å². The Morgan fingerprint density at radius 1 is 1.38 bits per heavy atom. The van der Waals surface area contributed by atoms with Crippen LogP contribution < -0.4 is 10.6 Å². The first kappa shape index (κ1) is 17.9. The van der Waals surface area contributed by atoms with Gasteiger partial charge in [-0.15, -0.1) is 0 Å². The molecule has 0 saturated carbocycles. The number of hydrogen-bond acceptors (Lipinski definition) is 3. The summed E-state index contributed by atoms with van der Waals surface area (Å²) in [4.78, 5) is 11.8. The van der Waals surface area contributed by atoms with E-state index in [1.54, 1.807) is 6.92 Å². The Hall–Kier alpha value is -1.12. The summed E-state index contributed by atoms with van der Waals surface area (Å²) in [7, 11) is 0. The number of halogens is 4. The number of benzene rings is 1. The van der Waals surface area contributed by atoms with Crippen LogP contribution in [-0.2, 0) is 6.18 Å². The third-order valence-corrected chi connectivity index (χ3v) is 3.05. The van der Waals surface area contributed by atoms with Crippen LogP contribution in [0.3, 0.4) is 0 Å². The highest BCUT2D eigenvalue weighted by molar-refractivity contribution is 9.10. The van der Waals surface area contributed by atoms with Crippen LogP contribution in [0.4, 0.5) is 13.2 Å². The third kappa shape index (κ3) is 6.03. The number of nitrogens with one attached hydrogen (secondary N) is 2. The highest BCUT2D eigenvalue weighted by Crippen LogP contribution is 2.33. The van der Waals surface area contributed by atoms with E-state index in [2.05, 4.69) is 26.6 Å². The second-order valence-corrected chi connectivity index (χ2v) is 5.41. The molecular weight excluding hydrogens is 353 g/mol. The van der Waals surface area contributed by atoms with Crippen LogP contribution in [0, 0.1) is 0 Å². The molecule has 0 heterocycles. The fraction of sp³-hybridized carbons (Fsp3) is 0.462. The molecule has 1 rings (SSSR count). The summed E-state index contributed by atoms with van der Waals surface area (Å²) >= 11 is 2.96. The Balaban J connectivity index is 2.66. The zero-order valence-corrected chi connectivity index (χ0v) is 12.9. The van der Waals surface area contributed by atoms with Crippen LogP contribution in [0.25, 0.3) is 0 Å². The zero-order chi connectivity index (χ0) is 16.0. The minimum absolute atomic E-state index is 0.166. The van der Waals surface area contributed by atoms with Gasteiger partial charge in [0.05, 0.1) is 17.2 Å². The lowest BCUT2D eigenvalue weighted by atomic mass is 10.1. The van der Waals surface area contributed by atoms with Crippen LogP contribution in [0.15, 0.2) is 22.7 Å². The van der Waals surface area contributed by atoms with Crippen molar-refractivity contribution >= 4 is 21.8 Å². The van der Waals surface area contributed by atoms with Crippen LogP contribution in [0.2, 0.25) is 0 Å². The smallest absolute Gasteiger partial charge is 0.392 e. The van der Waals surface area contributed by atoms with E-state index in [1.807, 2.05) is 0 Å². The predicted octanol–water partition coefficient (Wildman–Crippen LogP) is 2.17. The van der Waals surface area contributed by atoms with E-state index in [9.17, 15) is 18.0 Å². The Morgan fingerprint density at radius 2 is 2.05 bits per heavy atom. The lowest BCUT2D eigenvalue weighted by molar-refractivity contribution is -0.138. The topological polar surface area (TPSA) is 61.4 Å². The fourth-order valence-electron chi connectivity index (χ4n) is 1.62. The molecule has 0 fully saturated rings. The number of carbonyl (C=O) groups excluding carboxylic acids is 1. The average Bonchev–Trinajstić information content (AvgIpc) is 2.36. The number of alkyl halides is 3. The lowest BCUT2D eigenvalue weighted by Gasteiger charge is -2.13. The Morgan fingerprint density at radius 3 is 2.62 bits per heavy atom. The second-order valence-electron chi connectivity index (χ2n) is 4.50. The summed E-state index contributed by atoms with van der Waals surface area (Å²) in [6.07, 6.45) is -5.12. The maximum atomic E-state index is 12.9. The number of aliphatic hydroxyl groups is 1. The predicted molar refractivity (Wildman–Crippen MR) is 76.0 cm³/mol. The molecule has 0 saturated heterocycles. The largest absolute Gasteiger partial charge is 0.417 e. The van der Waals surface area contributed by atoms with Gasteiger partial charge < -0.3 is 15.7 Å². The molecule has 3 N–H and O–H groups in total. The van der Waals surface area contributed by atoms with Crippen molar-refractivity contribution in [2.45, 2.75) is 19.2 Å². The fourth-order valence-corrected chi connectivity index (χ4v) is 1.98. The summed E-state index contributed by atoms with van der Waals surface area (Å²) in [6.45, 7) is 2.47. The molecule has 0 aromatic heterocycles. The van der Waals surface area contributed by atoms with Crippen molar-refractivity contribution in [2.24, 2.45) is 0 Å². The Bertz CT molecular complexity index is 493. The number of amides is 1. The van der Waals surface area contributed by atoms with E-state index in [0.717, 1.165) is 12.1 Å². The van der Waals surface area contributed by atoms with Crippen molar-refractivity contribution in [2.75, 3.05) is 19.6 Å². The third-order valence-electron chi connectivity index (χ3n) is 2.56. The minimum atomic E-state index is -4.60. The van der Waals surface area contributed by atoms with Gasteiger partial charge in [-0.25, -0.2) is 0 Å². The quantitative estimate of drug-likeness (QED) is 0.674. The van der Waals surface area contributed by atoms with Gasteiger partial charge in [-0.3, -0.25) is 4.79 Å². The molecule has 1 amide bonds.